The molecule has 0 aromatic rings. The zero-order chi connectivity index (χ0) is 9.56. The minimum absolute atomic E-state index is 1.05. The smallest absolute Gasteiger partial charge is 0.0302 e. The number of hydrogen-bond acceptors (Lipinski definition) is 0. The van der Waals surface area contributed by atoms with E-state index in [4.69, 9.17) is 0 Å². The zero-order valence-electron chi connectivity index (χ0n) is 8.78. The van der Waals surface area contributed by atoms with Crippen LogP contribution in [0.25, 0.3) is 0 Å². The average molecular weight is 164 g/mol. The Labute approximate surface area is 76.7 Å². The van der Waals surface area contributed by atoms with Crippen LogP contribution in [0.2, 0.25) is 0 Å². The first-order valence-corrected chi connectivity index (χ1v) is 4.67. The predicted molar refractivity (Wildman–Crippen MR) is 57.2 cm³/mol. The highest BCUT2D eigenvalue weighted by atomic mass is 14.1. The molecule has 0 rings (SSSR count). The van der Waals surface area contributed by atoms with Crippen molar-refractivity contribution in [3.8, 4) is 0 Å². The lowest BCUT2D eigenvalue weighted by molar-refractivity contribution is 1.01. The molecule has 12 heavy (non-hydrogen) atoms. The summed E-state index contributed by atoms with van der Waals surface area (Å²) in [5.41, 5.74) is 4.04. The normalized spacial score (nSPS) is 13.3. The van der Waals surface area contributed by atoms with Gasteiger partial charge in [-0.05, 0) is 37.8 Å². The van der Waals surface area contributed by atoms with Crippen molar-refractivity contribution >= 4 is 0 Å². The molecular weight excluding hydrogens is 144 g/mol. The Kier molecular flexibility index (Phi) is 5.44. The van der Waals surface area contributed by atoms with Gasteiger partial charge < -0.3 is 0 Å². The third-order valence-electron chi connectivity index (χ3n) is 2.10. The molecule has 0 heterocycles. The Balaban J connectivity index is 4.72. The maximum absolute atomic E-state index is 4.06. The van der Waals surface area contributed by atoms with Gasteiger partial charge in [0.25, 0.3) is 0 Å². The largest absolute Gasteiger partial charge is 0.0956 e. The fraction of sp³-hybridized carbons (Fsp3) is 0.500. The number of rotatable bonds is 4. The van der Waals surface area contributed by atoms with Crippen LogP contribution in [-0.2, 0) is 0 Å². The molecule has 0 aliphatic heterocycles. The standard InChI is InChI=1S/C12H20/c1-6-9-11(5)12(8-3)10(4)7-2/h6,9H,4,7-8H2,1-3,5H3/b9-6-,12-11-. The van der Waals surface area contributed by atoms with Crippen molar-refractivity contribution in [2.75, 3.05) is 0 Å². The molecular formula is C12H20. The fourth-order valence-electron chi connectivity index (χ4n) is 1.37. The highest BCUT2D eigenvalue weighted by Gasteiger charge is 2.00. The van der Waals surface area contributed by atoms with Crippen molar-refractivity contribution in [1.29, 1.82) is 0 Å². The Morgan fingerprint density at radius 3 is 2.17 bits per heavy atom. The van der Waals surface area contributed by atoms with Crippen molar-refractivity contribution in [3.05, 3.63) is 35.5 Å². The summed E-state index contributed by atoms with van der Waals surface area (Å²) in [4.78, 5) is 0. The van der Waals surface area contributed by atoms with E-state index in [2.05, 4.69) is 39.5 Å². The maximum atomic E-state index is 4.06. The summed E-state index contributed by atoms with van der Waals surface area (Å²) in [5.74, 6) is 0. The molecule has 0 aromatic carbocycles. The van der Waals surface area contributed by atoms with E-state index in [9.17, 15) is 0 Å². The summed E-state index contributed by atoms with van der Waals surface area (Å²) in [6.45, 7) is 12.6. The van der Waals surface area contributed by atoms with E-state index in [1.165, 1.54) is 16.7 Å². The quantitative estimate of drug-likeness (QED) is 0.545. The Hall–Kier alpha value is -0.780. The molecule has 0 saturated carbocycles. The molecule has 0 aliphatic carbocycles. The van der Waals surface area contributed by atoms with Crippen molar-refractivity contribution < 1.29 is 0 Å². The lowest BCUT2D eigenvalue weighted by Crippen LogP contribution is -1.88. The molecule has 68 valence electrons. The topological polar surface area (TPSA) is 0 Å². The molecule has 0 spiro atoms. The minimum atomic E-state index is 1.05. The minimum Gasteiger partial charge on any atom is -0.0956 e. The summed E-state index contributed by atoms with van der Waals surface area (Å²) in [7, 11) is 0. The SMILES string of the molecule is C=C(CC)/C(CC)=C(C)\C=C/C. The molecule has 0 bridgehead atoms. The molecule has 0 aliphatic rings. The second kappa shape index (κ2) is 5.82. The molecule has 0 unspecified atom stereocenters. The van der Waals surface area contributed by atoms with Crippen LogP contribution in [0.5, 0.6) is 0 Å². The van der Waals surface area contributed by atoms with Gasteiger partial charge in [0, 0.05) is 0 Å². The van der Waals surface area contributed by atoms with Crippen LogP contribution in [0, 0.1) is 0 Å². The molecule has 0 atom stereocenters. The van der Waals surface area contributed by atoms with E-state index in [1.807, 2.05) is 6.92 Å². The van der Waals surface area contributed by atoms with Gasteiger partial charge in [-0.25, -0.2) is 0 Å². The fourth-order valence-corrected chi connectivity index (χ4v) is 1.37. The van der Waals surface area contributed by atoms with Crippen molar-refractivity contribution in [2.45, 2.75) is 40.5 Å². The van der Waals surface area contributed by atoms with Crippen LogP contribution < -0.4 is 0 Å². The van der Waals surface area contributed by atoms with Gasteiger partial charge in [0.2, 0.25) is 0 Å². The second-order valence-corrected chi connectivity index (χ2v) is 2.97. The highest BCUT2D eigenvalue weighted by Crippen LogP contribution is 2.20. The van der Waals surface area contributed by atoms with Gasteiger partial charge in [0.05, 0.1) is 0 Å². The first-order valence-electron chi connectivity index (χ1n) is 4.67. The first kappa shape index (κ1) is 11.2. The zero-order valence-corrected chi connectivity index (χ0v) is 8.78. The summed E-state index contributed by atoms with van der Waals surface area (Å²) >= 11 is 0. The van der Waals surface area contributed by atoms with E-state index < -0.39 is 0 Å². The van der Waals surface area contributed by atoms with Crippen LogP contribution in [-0.4, -0.2) is 0 Å². The van der Waals surface area contributed by atoms with Gasteiger partial charge >= 0.3 is 0 Å². The Bertz CT molecular complexity index is 204. The molecule has 0 aromatic heterocycles. The molecule has 0 N–H and O–H groups in total. The monoisotopic (exact) mass is 164 g/mol. The van der Waals surface area contributed by atoms with Gasteiger partial charge in [-0.2, -0.15) is 0 Å². The van der Waals surface area contributed by atoms with E-state index >= 15 is 0 Å². The van der Waals surface area contributed by atoms with Gasteiger partial charge in [-0.1, -0.05) is 38.2 Å². The van der Waals surface area contributed by atoms with Crippen LogP contribution >= 0.6 is 0 Å². The lowest BCUT2D eigenvalue weighted by atomic mass is 9.97. The molecule has 0 heteroatoms. The van der Waals surface area contributed by atoms with Gasteiger partial charge in [0.1, 0.15) is 0 Å². The third-order valence-corrected chi connectivity index (χ3v) is 2.10. The number of allylic oxidation sites excluding steroid dienone is 5. The van der Waals surface area contributed by atoms with E-state index in [0.717, 1.165) is 12.8 Å². The van der Waals surface area contributed by atoms with E-state index in [1.54, 1.807) is 0 Å². The second-order valence-electron chi connectivity index (χ2n) is 2.97. The van der Waals surface area contributed by atoms with Crippen LogP contribution in [0.1, 0.15) is 40.5 Å². The molecule has 0 nitrogen and oxygen atoms in total. The highest BCUT2D eigenvalue weighted by molar-refractivity contribution is 5.36. The molecule has 0 radical (unpaired) electrons. The van der Waals surface area contributed by atoms with Crippen molar-refractivity contribution in [2.24, 2.45) is 0 Å². The maximum Gasteiger partial charge on any atom is -0.0302 e. The Morgan fingerprint density at radius 2 is 1.83 bits per heavy atom. The molecule has 0 saturated heterocycles. The van der Waals surface area contributed by atoms with Crippen LogP contribution in [0.15, 0.2) is 35.5 Å². The summed E-state index contributed by atoms with van der Waals surface area (Å²) in [5, 5.41) is 0. The van der Waals surface area contributed by atoms with Crippen LogP contribution in [0.4, 0.5) is 0 Å². The van der Waals surface area contributed by atoms with Crippen molar-refractivity contribution in [1.82, 2.24) is 0 Å². The summed E-state index contributed by atoms with van der Waals surface area (Å²) in [6, 6.07) is 0. The van der Waals surface area contributed by atoms with Gasteiger partial charge in [-0.3, -0.25) is 0 Å². The predicted octanol–water partition coefficient (Wildman–Crippen LogP) is 4.26. The van der Waals surface area contributed by atoms with Gasteiger partial charge in [0.15, 0.2) is 0 Å². The molecule has 0 amide bonds. The summed E-state index contributed by atoms with van der Waals surface area (Å²) in [6.07, 6.45) is 6.37. The molecule has 0 fully saturated rings. The van der Waals surface area contributed by atoms with Crippen molar-refractivity contribution in [3.63, 3.8) is 0 Å². The Morgan fingerprint density at radius 1 is 1.25 bits per heavy atom. The third kappa shape index (κ3) is 3.08. The van der Waals surface area contributed by atoms with Gasteiger partial charge in [-0.15, -0.1) is 0 Å². The lowest BCUT2D eigenvalue weighted by Gasteiger charge is -2.08. The summed E-state index contributed by atoms with van der Waals surface area (Å²) < 4.78 is 0. The number of hydrogen-bond donors (Lipinski definition) is 0. The van der Waals surface area contributed by atoms with E-state index in [-0.39, 0.29) is 0 Å². The first-order chi connectivity index (χ1) is 5.67. The van der Waals surface area contributed by atoms with E-state index in [0.29, 0.717) is 0 Å². The average Bonchev–Trinajstić information content (AvgIpc) is 2.06. The van der Waals surface area contributed by atoms with Crippen LogP contribution in [0.3, 0.4) is 0 Å².